The lowest BCUT2D eigenvalue weighted by molar-refractivity contribution is -0.140. The molecule has 3 amide bonds. The highest BCUT2D eigenvalue weighted by molar-refractivity contribution is 9.10. The second-order valence-corrected chi connectivity index (χ2v) is 10.8. The molecule has 1 N–H and O–H groups in total. The number of sulfonamides is 1. The standard InChI is InChI=1S/C24H28BrN3O5S/c1-3-14-26-23(30)17(2)27(16-18-10-12-19(25)13-11-18)22(29)9-6-15-28-24(31)20-7-4-5-8-21(20)34(28,32)33/h4-5,7-8,10-13,17H,3,6,9,14-16H2,1-2H3,(H,26,30)/t17-/m0/s1. The molecular formula is C24H28BrN3O5S. The van der Waals surface area contributed by atoms with E-state index in [1.54, 1.807) is 19.1 Å². The average Bonchev–Trinajstić information content (AvgIpc) is 3.02. The Morgan fingerprint density at radius 2 is 1.79 bits per heavy atom. The van der Waals surface area contributed by atoms with Gasteiger partial charge in [0.25, 0.3) is 15.9 Å². The largest absolute Gasteiger partial charge is 0.354 e. The van der Waals surface area contributed by atoms with E-state index in [9.17, 15) is 22.8 Å². The molecule has 1 aliphatic heterocycles. The van der Waals surface area contributed by atoms with Crippen LogP contribution in [0.25, 0.3) is 0 Å². The van der Waals surface area contributed by atoms with Gasteiger partial charge in [0, 0.05) is 30.5 Å². The van der Waals surface area contributed by atoms with Crippen molar-refractivity contribution in [2.75, 3.05) is 13.1 Å². The molecule has 34 heavy (non-hydrogen) atoms. The topological polar surface area (TPSA) is 104 Å². The highest BCUT2D eigenvalue weighted by Crippen LogP contribution is 2.30. The van der Waals surface area contributed by atoms with E-state index in [0.717, 1.165) is 20.8 Å². The number of carbonyl (C=O) groups excluding carboxylic acids is 3. The van der Waals surface area contributed by atoms with Gasteiger partial charge < -0.3 is 10.2 Å². The quantitative estimate of drug-likeness (QED) is 0.489. The number of halogens is 1. The molecule has 0 aliphatic carbocycles. The molecule has 1 heterocycles. The predicted molar refractivity (Wildman–Crippen MR) is 131 cm³/mol. The molecule has 0 radical (unpaired) electrons. The Labute approximate surface area is 208 Å². The van der Waals surface area contributed by atoms with Crippen molar-refractivity contribution in [2.45, 2.75) is 50.6 Å². The Hall–Kier alpha value is -2.72. The molecule has 1 aliphatic rings. The third-order valence-corrected chi connectivity index (χ3v) is 8.02. The van der Waals surface area contributed by atoms with Gasteiger partial charge in [-0.25, -0.2) is 12.7 Å². The van der Waals surface area contributed by atoms with Crippen LogP contribution in [0, 0.1) is 0 Å². The summed E-state index contributed by atoms with van der Waals surface area (Å²) < 4.78 is 27.2. The van der Waals surface area contributed by atoms with Crippen LogP contribution in [0.5, 0.6) is 0 Å². The van der Waals surface area contributed by atoms with E-state index >= 15 is 0 Å². The van der Waals surface area contributed by atoms with Gasteiger partial charge in [0.05, 0.1) is 5.56 Å². The van der Waals surface area contributed by atoms with E-state index in [1.165, 1.54) is 17.0 Å². The third-order valence-electron chi connectivity index (χ3n) is 5.65. The second-order valence-electron chi connectivity index (χ2n) is 8.10. The van der Waals surface area contributed by atoms with E-state index in [1.807, 2.05) is 31.2 Å². The molecule has 0 saturated carbocycles. The lowest BCUT2D eigenvalue weighted by Crippen LogP contribution is -2.47. The SMILES string of the molecule is CCCNC(=O)[C@H](C)N(Cc1ccc(Br)cc1)C(=O)CCCN1C(=O)c2ccccc2S1(=O)=O. The zero-order chi connectivity index (χ0) is 24.9. The smallest absolute Gasteiger partial charge is 0.269 e. The van der Waals surface area contributed by atoms with Gasteiger partial charge in [-0.2, -0.15) is 0 Å². The van der Waals surface area contributed by atoms with Gasteiger partial charge in [-0.1, -0.05) is 47.1 Å². The molecule has 0 fully saturated rings. The van der Waals surface area contributed by atoms with Crippen molar-refractivity contribution in [1.82, 2.24) is 14.5 Å². The summed E-state index contributed by atoms with van der Waals surface area (Å²) in [6.45, 7) is 4.26. The number of benzene rings is 2. The zero-order valence-corrected chi connectivity index (χ0v) is 21.6. The number of nitrogens with zero attached hydrogens (tertiary/aromatic N) is 2. The first-order chi connectivity index (χ1) is 16.2. The van der Waals surface area contributed by atoms with Gasteiger partial charge in [-0.05, 0) is 49.6 Å². The summed E-state index contributed by atoms with van der Waals surface area (Å²) in [5, 5.41) is 2.82. The fourth-order valence-electron chi connectivity index (χ4n) is 3.73. The van der Waals surface area contributed by atoms with Crippen molar-refractivity contribution in [1.29, 1.82) is 0 Å². The van der Waals surface area contributed by atoms with E-state index in [0.29, 0.717) is 6.54 Å². The average molecular weight is 550 g/mol. The van der Waals surface area contributed by atoms with Crippen LogP contribution in [0.2, 0.25) is 0 Å². The van der Waals surface area contributed by atoms with Crippen LogP contribution in [0.1, 0.15) is 49.0 Å². The summed E-state index contributed by atoms with van der Waals surface area (Å²) in [5.74, 6) is -1.12. The Morgan fingerprint density at radius 3 is 2.44 bits per heavy atom. The van der Waals surface area contributed by atoms with Crippen LogP contribution in [0.3, 0.4) is 0 Å². The normalized spacial score (nSPS) is 15.0. The monoisotopic (exact) mass is 549 g/mol. The summed E-state index contributed by atoms with van der Waals surface area (Å²) in [5.41, 5.74) is 1.01. The molecule has 0 aromatic heterocycles. The first-order valence-electron chi connectivity index (χ1n) is 11.1. The second kappa shape index (κ2) is 11.1. The molecule has 0 unspecified atom stereocenters. The van der Waals surface area contributed by atoms with Gasteiger partial charge >= 0.3 is 0 Å². The lowest BCUT2D eigenvalue weighted by Gasteiger charge is -2.29. The molecule has 2 aromatic rings. The summed E-state index contributed by atoms with van der Waals surface area (Å²) in [6.07, 6.45) is 0.926. The van der Waals surface area contributed by atoms with E-state index < -0.39 is 22.0 Å². The predicted octanol–water partition coefficient (Wildman–Crippen LogP) is 3.32. The molecular weight excluding hydrogens is 522 g/mol. The summed E-state index contributed by atoms with van der Waals surface area (Å²) in [7, 11) is -3.92. The highest BCUT2D eigenvalue weighted by atomic mass is 79.9. The number of carbonyl (C=O) groups is 3. The number of nitrogens with one attached hydrogen (secondary N) is 1. The molecule has 3 rings (SSSR count). The lowest BCUT2D eigenvalue weighted by atomic mass is 10.1. The number of hydrogen-bond donors (Lipinski definition) is 1. The van der Waals surface area contributed by atoms with Gasteiger partial charge in [0.2, 0.25) is 11.8 Å². The summed E-state index contributed by atoms with van der Waals surface area (Å²) in [6, 6.07) is 12.8. The number of fused-ring (bicyclic) bond motifs is 1. The van der Waals surface area contributed by atoms with Gasteiger partial charge in [-0.3, -0.25) is 14.4 Å². The van der Waals surface area contributed by atoms with Crippen molar-refractivity contribution in [2.24, 2.45) is 0 Å². The van der Waals surface area contributed by atoms with Crippen LogP contribution >= 0.6 is 15.9 Å². The molecule has 10 heteroatoms. The first-order valence-corrected chi connectivity index (χ1v) is 13.4. The Bertz CT molecular complexity index is 1170. The summed E-state index contributed by atoms with van der Waals surface area (Å²) in [4.78, 5) is 39.8. The van der Waals surface area contributed by atoms with Crippen LogP contribution in [0.15, 0.2) is 57.9 Å². The highest BCUT2D eigenvalue weighted by Gasteiger charge is 2.40. The fraction of sp³-hybridized carbons (Fsp3) is 0.375. The van der Waals surface area contributed by atoms with Crippen LogP contribution < -0.4 is 5.32 Å². The van der Waals surface area contributed by atoms with Gasteiger partial charge in [-0.15, -0.1) is 0 Å². The Kier molecular flexibility index (Phi) is 8.48. The molecule has 8 nitrogen and oxygen atoms in total. The molecule has 2 aromatic carbocycles. The maximum Gasteiger partial charge on any atom is 0.269 e. The van der Waals surface area contributed by atoms with E-state index in [2.05, 4.69) is 21.2 Å². The van der Waals surface area contributed by atoms with E-state index in [-0.39, 0.29) is 48.2 Å². The Morgan fingerprint density at radius 1 is 1.12 bits per heavy atom. The van der Waals surface area contributed by atoms with Gasteiger partial charge in [0.1, 0.15) is 10.9 Å². The van der Waals surface area contributed by atoms with E-state index in [4.69, 9.17) is 0 Å². The molecule has 0 spiro atoms. The minimum atomic E-state index is -3.92. The number of hydrogen-bond acceptors (Lipinski definition) is 5. The minimum Gasteiger partial charge on any atom is -0.354 e. The van der Waals surface area contributed by atoms with Crippen molar-refractivity contribution >= 4 is 43.7 Å². The van der Waals surface area contributed by atoms with Crippen LogP contribution in [-0.2, 0) is 26.2 Å². The number of rotatable bonds is 10. The third kappa shape index (κ3) is 5.67. The maximum atomic E-state index is 13.2. The molecule has 0 bridgehead atoms. The summed E-state index contributed by atoms with van der Waals surface area (Å²) >= 11 is 3.39. The fourth-order valence-corrected chi connectivity index (χ4v) is 5.61. The zero-order valence-electron chi connectivity index (χ0n) is 19.2. The van der Waals surface area contributed by atoms with Gasteiger partial charge in [0.15, 0.2) is 0 Å². The molecule has 0 saturated heterocycles. The molecule has 182 valence electrons. The van der Waals surface area contributed by atoms with Crippen LogP contribution in [-0.4, -0.2) is 54.5 Å². The first kappa shape index (κ1) is 25.9. The molecule has 1 atom stereocenters. The minimum absolute atomic E-state index is 0.00241. The van der Waals surface area contributed by atoms with Crippen molar-refractivity contribution in [3.05, 3.63) is 64.1 Å². The van der Waals surface area contributed by atoms with Crippen LogP contribution in [0.4, 0.5) is 0 Å². The van der Waals surface area contributed by atoms with Crippen molar-refractivity contribution < 1.29 is 22.8 Å². The Balaban J connectivity index is 1.69. The van der Waals surface area contributed by atoms with Crippen molar-refractivity contribution in [3.8, 4) is 0 Å². The maximum absolute atomic E-state index is 13.2. The number of amides is 3. The van der Waals surface area contributed by atoms with Crippen molar-refractivity contribution in [3.63, 3.8) is 0 Å².